The van der Waals surface area contributed by atoms with Crippen LogP contribution in [0.4, 0.5) is 0 Å². The Morgan fingerprint density at radius 1 is 0.885 bits per heavy atom. The van der Waals surface area contributed by atoms with Crippen LogP contribution in [0.25, 0.3) is 11.1 Å². The lowest BCUT2D eigenvalue weighted by molar-refractivity contribution is 0.0526. The van der Waals surface area contributed by atoms with E-state index in [1.165, 1.54) is 19.1 Å². The molecule has 2 aromatic rings. The lowest BCUT2D eigenvalue weighted by atomic mass is 9.90. The van der Waals surface area contributed by atoms with E-state index in [2.05, 4.69) is 15.9 Å². The van der Waals surface area contributed by atoms with Crippen molar-refractivity contribution in [1.82, 2.24) is 0 Å². The van der Waals surface area contributed by atoms with Crippen LogP contribution in [-0.4, -0.2) is 30.9 Å². The lowest BCUT2D eigenvalue weighted by Gasteiger charge is -2.15. The highest BCUT2D eigenvalue weighted by molar-refractivity contribution is 9.10. The molecule has 0 aliphatic rings. The molecule has 0 spiro atoms. The molecule has 0 aliphatic carbocycles. The summed E-state index contributed by atoms with van der Waals surface area (Å²) in [5.74, 6) is -1.46. The Morgan fingerprint density at radius 3 is 1.96 bits per heavy atom. The van der Waals surface area contributed by atoms with E-state index in [1.54, 1.807) is 26.0 Å². The summed E-state index contributed by atoms with van der Waals surface area (Å²) in [7, 11) is 0. The minimum Gasteiger partial charge on any atom is -0.462 e. The van der Waals surface area contributed by atoms with Gasteiger partial charge in [-0.2, -0.15) is 0 Å². The molecule has 0 heterocycles. The molecule has 2 rings (SSSR count). The van der Waals surface area contributed by atoms with Crippen molar-refractivity contribution < 1.29 is 23.9 Å². The summed E-state index contributed by atoms with van der Waals surface area (Å²) >= 11 is 3.37. The van der Waals surface area contributed by atoms with Gasteiger partial charge in [0.25, 0.3) is 0 Å². The number of Topliss-reactive ketones (excluding diaryl/α,β-unsaturated/α-hetero) is 1. The van der Waals surface area contributed by atoms with E-state index in [0.717, 1.165) is 4.47 Å². The van der Waals surface area contributed by atoms with Crippen LogP contribution in [0.5, 0.6) is 0 Å². The normalized spacial score (nSPS) is 10.3. The molecule has 0 saturated carbocycles. The standard InChI is InChI=1S/C20H19BrO5/c1-4-25-19(23)14-10-16(12(3)22)18(13-6-8-15(21)9-7-13)17(11-14)20(24)26-5-2/h6-11H,4-5H2,1-3H3. The SMILES string of the molecule is CCOC(=O)c1cc(C(C)=O)c(-c2ccc(Br)cc2)c(C(=O)OCC)c1. The van der Waals surface area contributed by atoms with E-state index in [4.69, 9.17) is 9.47 Å². The molecule has 6 heteroatoms. The molecule has 136 valence electrons. The van der Waals surface area contributed by atoms with Crippen molar-refractivity contribution in [3.05, 3.63) is 57.6 Å². The number of carbonyl (C=O) groups is 3. The summed E-state index contributed by atoms with van der Waals surface area (Å²) < 4.78 is 11.0. The monoisotopic (exact) mass is 418 g/mol. The van der Waals surface area contributed by atoms with Gasteiger partial charge in [-0.25, -0.2) is 9.59 Å². The fraction of sp³-hybridized carbons (Fsp3) is 0.250. The number of hydrogen-bond donors (Lipinski definition) is 0. The summed E-state index contributed by atoms with van der Waals surface area (Å²) in [6.07, 6.45) is 0. The zero-order valence-electron chi connectivity index (χ0n) is 14.8. The smallest absolute Gasteiger partial charge is 0.338 e. The van der Waals surface area contributed by atoms with Crippen LogP contribution in [0.1, 0.15) is 51.8 Å². The van der Waals surface area contributed by atoms with E-state index in [-0.39, 0.29) is 35.7 Å². The Kier molecular flexibility index (Phi) is 6.69. The first-order valence-corrected chi connectivity index (χ1v) is 8.97. The Morgan fingerprint density at radius 2 is 1.42 bits per heavy atom. The first-order valence-electron chi connectivity index (χ1n) is 8.18. The van der Waals surface area contributed by atoms with Gasteiger partial charge in [0.1, 0.15) is 0 Å². The van der Waals surface area contributed by atoms with Crippen LogP contribution in [0.2, 0.25) is 0 Å². The van der Waals surface area contributed by atoms with Gasteiger partial charge in [-0.05, 0) is 50.6 Å². The summed E-state index contributed by atoms with van der Waals surface area (Å²) in [6.45, 7) is 5.14. The van der Waals surface area contributed by atoms with Gasteiger partial charge in [0.15, 0.2) is 5.78 Å². The molecule has 0 saturated heterocycles. The number of rotatable bonds is 6. The van der Waals surface area contributed by atoms with Crippen molar-refractivity contribution in [2.24, 2.45) is 0 Å². The van der Waals surface area contributed by atoms with E-state index in [0.29, 0.717) is 11.1 Å². The number of benzene rings is 2. The number of esters is 2. The van der Waals surface area contributed by atoms with Crippen LogP contribution in [0.3, 0.4) is 0 Å². The molecule has 26 heavy (non-hydrogen) atoms. The number of halogens is 1. The predicted molar refractivity (Wildman–Crippen MR) is 101 cm³/mol. The summed E-state index contributed by atoms with van der Waals surface area (Å²) in [4.78, 5) is 36.9. The minimum absolute atomic E-state index is 0.140. The highest BCUT2D eigenvalue weighted by atomic mass is 79.9. The third-order valence-electron chi connectivity index (χ3n) is 3.66. The second kappa shape index (κ2) is 8.76. The van der Waals surface area contributed by atoms with Crippen molar-refractivity contribution in [1.29, 1.82) is 0 Å². The Labute approximate surface area is 160 Å². The molecule has 0 bridgehead atoms. The van der Waals surface area contributed by atoms with Gasteiger partial charge < -0.3 is 9.47 Å². The molecule has 2 aromatic carbocycles. The predicted octanol–water partition coefficient (Wildman–Crippen LogP) is 4.67. The molecule has 0 N–H and O–H groups in total. The van der Waals surface area contributed by atoms with Crippen molar-refractivity contribution in [3.8, 4) is 11.1 Å². The highest BCUT2D eigenvalue weighted by Gasteiger charge is 2.23. The second-order valence-electron chi connectivity index (χ2n) is 5.45. The molecule has 0 atom stereocenters. The molecule has 0 amide bonds. The van der Waals surface area contributed by atoms with Crippen molar-refractivity contribution in [3.63, 3.8) is 0 Å². The average molecular weight is 419 g/mol. The molecule has 0 fully saturated rings. The average Bonchev–Trinajstić information content (AvgIpc) is 2.61. The molecule has 0 aromatic heterocycles. The van der Waals surface area contributed by atoms with Crippen molar-refractivity contribution in [2.75, 3.05) is 13.2 Å². The molecule has 0 radical (unpaired) electrons. The van der Waals surface area contributed by atoms with Crippen LogP contribution in [0, 0.1) is 0 Å². The highest BCUT2D eigenvalue weighted by Crippen LogP contribution is 2.32. The van der Waals surface area contributed by atoms with Gasteiger partial charge in [0.2, 0.25) is 0 Å². The van der Waals surface area contributed by atoms with Crippen LogP contribution in [-0.2, 0) is 9.47 Å². The number of carbonyl (C=O) groups excluding carboxylic acids is 3. The number of hydrogen-bond acceptors (Lipinski definition) is 5. The first kappa shape index (κ1) is 19.8. The van der Waals surface area contributed by atoms with E-state index >= 15 is 0 Å². The summed E-state index contributed by atoms with van der Waals surface area (Å²) in [5.41, 5.74) is 1.68. The maximum atomic E-state index is 12.5. The van der Waals surface area contributed by atoms with Gasteiger partial charge in [0, 0.05) is 15.6 Å². The van der Waals surface area contributed by atoms with Crippen LogP contribution < -0.4 is 0 Å². The van der Waals surface area contributed by atoms with Gasteiger partial charge in [-0.3, -0.25) is 4.79 Å². The zero-order chi connectivity index (χ0) is 19.3. The van der Waals surface area contributed by atoms with Gasteiger partial charge >= 0.3 is 11.9 Å². The maximum absolute atomic E-state index is 12.5. The molecular weight excluding hydrogens is 400 g/mol. The fourth-order valence-electron chi connectivity index (χ4n) is 2.55. The molecule has 5 nitrogen and oxygen atoms in total. The third kappa shape index (κ3) is 4.38. The quantitative estimate of drug-likeness (QED) is 0.503. The Hall–Kier alpha value is -2.47. The Balaban J connectivity index is 2.77. The lowest BCUT2D eigenvalue weighted by Crippen LogP contribution is -2.14. The molecule has 0 aliphatic heterocycles. The number of ether oxygens (including phenoxy) is 2. The summed E-state index contributed by atoms with van der Waals surface area (Å²) in [6, 6.07) is 10.1. The zero-order valence-corrected chi connectivity index (χ0v) is 16.4. The first-order chi connectivity index (χ1) is 12.4. The van der Waals surface area contributed by atoms with E-state index in [9.17, 15) is 14.4 Å². The summed E-state index contributed by atoms with van der Waals surface area (Å²) in [5, 5.41) is 0. The molecule has 0 unspecified atom stereocenters. The largest absolute Gasteiger partial charge is 0.462 e. The van der Waals surface area contributed by atoms with E-state index < -0.39 is 11.9 Å². The number of ketones is 1. The third-order valence-corrected chi connectivity index (χ3v) is 4.19. The topological polar surface area (TPSA) is 69.7 Å². The van der Waals surface area contributed by atoms with Gasteiger partial charge in [-0.1, -0.05) is 28.1 Å². The van der Waals surface area contributed by atoms with Gasteiger partial charge in [0.05, 0.1) is 24.3 Å². The maximum Gasteiger partial charge on any atom is 0.338 e. The minimum atomic E-state index is -0.598. The van der Waals surface area contributed by atoms with Gasteiger partial charge in [-0.15, -0.1) is 0 Å². The second-order valence-corrected chi connectivity index (χ2v) is 6.37. The fourth-order valence-corrected chi connectivity index (χ4v) is 2.81. The Bertz CT molecular complexity index is 840. The van der Waals surface area contributed by atoms with E-state index in [1.807, 2.05) is 12.1 Å². The van der Waals surface area contributed by atoms with Crippen LogP contribution in [0.15, 0.2) is 40.9 Å². The van der Waals surface area contributed by atoms with Crippen LogP contribution >= 0.6 is 15.9 Å². The molecular formula is C20H19BrO5. The van der Waals surface area contributed by atoms with Crippen molar-refractivity contribution in [2.45, 2.75) is 20.8 Å². The van der Waals surface area contributed by atoms with Crippen molar-refractivity contribution >= 4 is 33.7 Å².